The Labute approximate surface area is 257 Å². The molecule has 45 heavy (non-hydrogen) atoms. The lowest BCUT2D eigenvalue weighted by atomic mass is 9.94. The zero-order chi connectivity index (χ0) is 33.5. The van der Waals surface area contributed by atoms with E-state index < -0.39 is 60.3 Å². The Bertz CT molecular complexity index is 1500. The number of alkyl halides is 6. The number of carbonyl (C=O) groups excluding carboxylic acids is 2. The smallest absolute Gasteiger partial charge is 0.480 e. The second kappa shape index (κ2) is 12.4. The van der Waals surface area contributed by atoms with Crippen molar-refractivity contribution in [1.82, 2.24) is 15.2 Å². The number of aliphatic imine (C=N–C) groups is 1. The number of aromatic nitrogens is 1. The third kappa shape index (κ3) is 7.96. The molecule has 5 rings (SSSR count). The maximum absolute atomic E-state index is 13.5. The van der Waals surface area contributed by atoms with Crippen LogP contribution in [0.15, 0.2) is 47.7 Å². The largest absolute Gasteiger partial charge is 0.490 e. The second-order valence-corrected chi connectivity index (χ2v) is 11.8. The number of carboxylic acids is 1. The lowest BCUT2D eigenvalue weighted by Gasteiger charge is -2.38. The number of para-hydroxylation sites is 1. The van der Waals surface area contributed by atoms with Gasteiger partial charge in [-0.25, -0.2) is 9.79 Å². The minimum Gasteiger partial charge on any atom is -0.480 e. The molecule has 17 heteroatoms. The summed E-state index contributed by atoms with van der Waals surface area (Å²) < 4.78 is 77.5. The maximum atomic E-state index is 13.5. The van der Waals surface area contributed by atoms with Crippen LogP contribution in [0.3, 0.4) is 0 Å². The number of benzene rings is 1. The van der Waals surface area contributed by atoms with Crippen molar-refractivity contribution in [3.05, 3.63) is 58.9 Å². The molecular weight excluding hydrogens is 636 g/mol. The lowest BCUT2D eigenvalue weighted by molar-refractivity contribution is -0.201. The number of hydrogen-bond acceptors (Lipinski definition) is 7. The van der Waals surface area contributed by atoms with E-state index in [0.717, 1.165) is 0 Å². The lowest BCUT2D eigenvalue weighted by Crippen LogP contribution is -2.52. The van der Waals surface area contributed by atoms with Crippen LogP contribution >= 0.6 is 11.6 Å². The van der Waals surface area contributed by atoms with Gasteiger partial charge in [-0.05, 0) is 43.9 Å². The molecule has 1 aliphatic carbocycles. The molecule has 2 aliphatic heterocycles. The predicted octanol–water partition coefficient (Wildman–Crippen LogP) is 4.94. The number of carboxylic acid groups (broad SMARTS) is 1. The molecule has 1 unspecified atom stereocenters. The Balaban J connectivity index is 0.000000591. The number of nitrogens with two attached hydrogens (primary N) is 1. The summed E-state index contributed by atoms with van der Waals surface area (Å²) in [6.45, 7) is 3.61. The number of rotatable bonds is 5. The van der Waals surface area contributed by atoms with Gasteiger partial charge in [0.05, 0.1) is 29.1 Å². The number of carbonyl (C=O) groups is 3. The molecule has 0 spiro atoms. The fourth-order valence-electron chi connectivity index (χ4n) is 5.36. The molecule has 0 bridgehead atoms. The van der Waals surface area contributed by atoms with Gasteiger partial charge in [-0.3, -0.25) is 19.5 Å². The molecule has 1 aromatic carbocycles. The minimum atomic E-state index is -5.08. The molecule has 3 aliphatic rings. The van der Waals surface area contributed by atoms with Gasteiger partial charge in [-0.15, -0.1) is 0 Å². The molecule has 3 heterocycles. The summed E-state index contributed by atoms with van der Waals surface area (Å²) in [5.41, 5.74) is 6.66. The maximum Gasteiger partial charge on any atom is 0.490 e. The number of aliphatic carboxylic acids is 1. The molecule has 0 saturated heterocycles. The fourth-order valence-corrected chi connectivity index (χ4v) is 5.54. The average Bonchev–Trinajstić information content (AvgIpc) is 3.70. The van der Waals surface area contributed by atoms with Gasteiger partial charge in [0.1, 0.15) is 5.75 Å². The first-order valence-corrected chi connectivity index (χ1v) is 13.9. The van der Waals surface area contributed by atoms with Crippen molar-refractivity contribution < 1.29 is 50.6 Å². The number of hydrogen-bond donors (Lipinski definition) is 3. The third-order valence-corrected chi connectivity index (χ3v) is 7.59. The average molecular weight is 664 g/mol. The first kappa shape index (κ1) is 33.8. The summed E-state index contributed by atoms with van der Waals surface area (Å²) >= 11 is 6.19. The number of pyridine rings is 1. The highest BCUT2D eigenvalue weighted by atomic mass is 35.5. The zero-order valence-corrected chi connectivity index (χ0v) is 24.5. The molecule has 1 fully saturated rings. The quantitative estimate of drug-likeness (QED) is 0.384. The second-order valence-electron chi connectivity index (χ2n) is 11.4. The number of guanidine groups is 1. The van der Waals surface area contributed by atoms with E-state index in [4.69, 9.17) is 32.0 Å². The van der Waals surface area contributed by atoms with Gasteiger partial charge in [0.2, 0.25) is 11.8 Å². The number of fused-ring (bicyclic) bond motifs is 1. The van der Waals surface area contributed by atoms with Crippen LogP contribution in [0, 0.1) is 11.8 Å². The Hall–Kier alpha value is -4.08. The van der Waals surface area contributed by atoms with Crippen LogP contribution in [0.2, 0.25) is 5.02 Å². The van der Waals surface area contributed by atoms with Crippen molar-refractivity contribution in [2.24, 2.45) is 22.6 Å². The molecule has 5 atom stereocenters. The van der Waals surface area contributed by atoms with Gasteiger partial charge in [-0.2, -0.15) is 26.3 Å². The van der Waals surface area contributed by atoms with Gasteiger partial charge in [0, 0.05) is 30.3 Å². The number of nitrogens with zero attached hydrogens (tertiary/aromatic N) is 3. The predicted molar refractivity (Wildman–Crippen MR) is 147 cm³/mol. The van der Waals surface area contributed by atoms with Crippen LogP contribution in [-0.2, 0) is 14.4 Å². The van der Waals surface area contributed by atoms with E-state index in [0.29, 0.717) is 22.6 Å². The molecule has 1 saturated carbocycles. The summed E-state index contributed by atoms with van der Waals surface area (Å²) in [6, 6.07) is 6.49. The van der Waals surface area contributed by atoms with Gasteiger partial charge in [0.15, 0.2) is 12.1 Å². The van der Waals surface area contributed by atoms with Crippen molar-refractivity contribution in [1.29, 1.82) is 0 Å². The molecule has 4 N–H and O–H groups in total. The molecule has 10 nitrogen and oxygen atoms in total. The van der Waals surface area contributed by atoms with Crippen LogP contribution < -0.4 is 15.8 Å². The summed E-state index contributed by atoms with van der Waals surface area (Å²) in [7, 11) is 0. The number of halogens is 7. The van der Waals surface area contributed by atoms with Crippen LogP contribution in [0.5, 0.6) is 5.75 Å². The number of nitrogens with one attached hydrogen (secondary N) is 1. The van der Waals surface area contributed by atoms with Crippen molar-refractivity contribution >= 4 is 35.3 Å². The Kier molecular flexibility index (Phi) is 9.29. The topological polar surface area (TPSA) is 147 Å². The molecule has 1 aromatic heterocycles. The molecular formula is C28H28ClF6N5O5. The Morgan fingerprint density at radius 2 is 1.80 bits per heavy atom. The van der Waals surface area contributed by atoms with Crippen molar-refractivity contribution in [3.63, 3.8) is 0 Å². The van der Waals surface area contributed by atoms with E-state index in [9.17, 15) is 35.9 Å². The third-order valence-electron chi connectivity index (χ3n) is 7.38. The van der Waals surface area contributed by atoms with Gasteiger partial charge < -0.3 is 20.9 Å². The standard InChI is InChI=1S/C26H27ClF3N5O3.C2HF3O2/c1-25(2)10-21(36)35(24(31)34-25)22(13-7-14(27)12-32-11-13)16-8-17(16)23(37)33-18-9-20(26(28,29)30)38-19-6-4-3-5-15(18)19;3-2(4,5)1(6)7/h3-7,11-12,16-18,20,22H,8-10H2,1-2H3,(H2,31,34)(H,33,37);(H,6,7)/t16-,17-,18-,20-,22?;/m1./s1. The van der Waals surface area contributed by atoms with Crippen LogP contribution in [-0.4, -0.2) is 62.7 Å². The van der Waals surface area contributed by atoms with E-state index in [1.165, 1.54) is 17.2 Å². The normalized spacial score (nSPS) is 24.6. The van der Waals surface area contributed by atoms with E-state index in [-0.39, 0.29) is 30.0 Å². The van der Waals surface area contributed by atoms with E-state index >= 15 is 0 Å². The first-order valence-electron chi connectivity index (χ1n) is 13.5. The van der Waals surface area contributed by atoms with Crippen LogP contribution in [0.4, 0.5) is 26.3 Å². The van der Waals surface area contributed by atoms with E-state index in [2.05, 4.69) is 15.3 Å². The summed E-state index contributed by atoms with van der Waals surface area (Å²) in [4.78, 5) is 45.5. The SMILES string of the molecule is CC1(C)CC(=O)N(C(c2cncc(Cl)c2)[C@@H]2C[C@H]2C(=O)N[C@@H]2C[C@H](C(F)(F)F)Oc3ccccc32)C(N)=N1.O=C(O)C(F)(F)F. The Morgan fingerprint density at radius 1 is 1.16 bits per heavy atom. The van der Waals surface area contributed by atoms with Gasteiger partial charge in [-0.1, -0.05) is 29.8 Å². The molecule has 2 amide bonds. The summed E-state index contributed by atoms with van der Waals surface area (Å²) in [6.07, 6.45) is -8.60. The summed E-state index contributed by atoms with van der Waals surface area (Å²) in [5.74, 6) is -4.20. The van der Waals surface area contributed by atoms with Gasteiger partial charge in [0.25, 0.3) is 0 Å². The van der Waals surface area contributed by atoms with E-state index in [1.54, 1.807) is 44.3 Å². The number of ether oxygens (including phenoxy) is 1. The minimum absolute atomic E-state index is 0.0358. The van der Waals surface area contributed by atoms with Crippen molar-refractivity contribution in [3.8, 4) is 5.75 Å². The van der Waals surface area contributed by atoms with Gasteiger partial charge >= 0.3 is 18.3 Å². The highest BCUT2D eigenvalue weighted by molar-refractivity contribution is 6.30. The monoisotopic (exact) mass is 663 g/mol. The van der Waals surface area contributed by atoms with Crippen LogP contribution in [0.1, 0.15) is 56.3 Å². The van der Waals surface area contributed by atoms with Crippen molar-refractivity contribution in [2.45, 2.75) is 69.2 Å². The highest BCUT2D eigenvalue weighted by Gasteiger charge is 2.54. The van der Waals surface area contributed by atoms with Crippen molar-refractivity contribution in [2.75, 3.05) is 0 Å². The number of amides is 2. The molecule has 2 aromatic rings. The molecule has 0 radical (unpaired) electrons. The van der Waals surface area contributed by atoms with Crippen LogP contribution in [0.25, 0.3) is 0 Å². The molecule has 244 valence electrons. The zero-order valence-electron chi connectivity index (χ0n) is 23.7. The highest BCUT2D eigenvalue weighted by Crippen LogP contribution is 2.52. The van der Waals surface area contributed by atoms with E-state index in [1.807, 2.05) is 0 Å². The fraction of sp³-hybridized carbons (Fsp3) is 0.464. The Morgan fingerprint density at radius 3 is 2.38 bits per heavy atom. The first-order chi connectivity index (χ1) is 20.8. The summed E-state index contributed by atoms with van der Waals surface area (Å²) in [5, 5.41) is 10.3.